The normalized spacial score (nSPS) is 17.8. The molecular formula is C20H22ClNO2. The molecule has 2 aromatic rings. The fraction of sp³-hybridized carbons (Fsp3) is 0.300. The van der Waals surface area contributed by atoms with Crippen LogP contribution in [0.1, 0.15) is 22.6 Å². The number of nitrogens with zero attached hydrogens (tertiary/aromatic N) is 1. The number of methoxy groups -OCH3 is 1. The number of hydrogen-bond acceptors (Lipinski definition) is 3. The number of fused-ring (bicyclic) bond motifs is 1. The molecule has 1 heterocycles. The van der Waals surface area contributed by atoms with E-state index in [-0.39, 0.29) is 11.7 Å². The Morgan fingerprint density at radius 2 is 2.12 bits per heavy atom. The quantitative estimate of drug-likeness (QED) is 0.843. The van der Waals surface area contributed by atoms with E-state index in [1.165, 1.54) is 5.56 Å². The molecule has 0 spiro atoms. The van der Waals surface area contributed by atoms with Gasteiger partial charge in [-0.25, -0.2) is 0 Å². The Hall–Kier alpha value is -1.97. The SMILES string of the molecule is C=CCN1CCc2cc(OC)c(O)cc2C(c2ccccc2Cl)C1. The van der Waals surface area contributed by atoms with Gasteiger partial charge in [-0.05, 0) is 41.3 Å². The number of hydrogen-bond donors (Lipinski definition) is 1. The summed E-state index contributed by atoms with van der Waals surface area (Å²) in [6.07, 6.45) is 2.83. The van der Waals surface area contributed by atoms with Crippen molar-refractivity contribution in [2.45, 2.75) is 12.3 Å². The second-order valence-corrected chi connectivity index (χ2v) is 6.50. The summed E-state index contributed by atoms with van der Waals surface area (Å²) in [6, 6.07) is 11.7. The van der Waals surface area contributed by atoms with Crippen LogP contribution in [0, 0.1) is 0 Å². The molecule has 0 saturated carbocycles. The molecule has 1 atom stereocenters. The van der Waals surface area contributed by atoms with Crippen LogP contribution in [0.25, 0.3) is 0 Å². The van der Waals surface area contributed by atoms with E-state index in [0.29, 0.717) is 5.75 Å². The maximum absolute atomic E-state index is 10.3. The van der Waals surface area contributed by atoms with Gasteiger partial charge < -0.3 is 9.84 Å². The molecule has 126 valence electrons. The summed E-state index contributed by atoms with van der Waals surface area (Å²) in [5.74, 6) is 0.794. The molecule has 4 heteroatoms. The van der Waals surface area contributed by atoms with Crippen molar-refractivity contribution in [1.82, 2.24) is 4.90 Å². The van der Waals surface area contributed by atoms with Crippen LogP contribution in [0.5, 0.6) is 11.5 Å². The molecule has 1 aliphatic rings. The summed E-state index contributed by atoms with van der Waals surface area (Å²) >= 11 is 6.47. The molecule has 0 fully saturated rings. The fourth-order valence-electron chi connectivity index (χ4n) is 3.43. The zero-order chi connectivity index (χ0) is 17.1. The zero-order valence-electron chi connectivity index (χ0n) is 13.8. The highest BCUT2D eigenvalue weighted by atomic mass is 35.5. The van der Waals surface area contributed by atoms with Gasteiger partial charge in [-0.15, -0.1) is 6.58 Å². The zero-order valence-corrected chi connectivity index (χ0v) is 14.6. The van der Waals surface area contributed by atoms with E-state index in [1.54, 1.807) is 7.11 Å². The van der Waals surface area contributed by atoms with Gasteiger partial charge in [0.2, 0.25) is 0 Å². The highest BCUT2D eigenvalue weighted by molar-refractivity contribution is 6.31. The highest BCUT2D eigenvalue weighted by Gasteiger charge is 2.27. The van der Waals surface area contributed by atoms with Gasteiger partial charge >= 0.3 is 0 Å². The maximum Gasteiger partial charge on any atom is 0.160 e. The lowest BCUT2D eigenvalue weighted by molar-refractivity contribution is 0.306. The van der Waals surface area contributed by atoms with Gasteiger partial charge in [0.05, 0.1) is 7.11 Å². The van der Waals surface area contributed by atoms with E-state index in [0.717, 1.165) is 42.2 Å². The van der Waals surface area contributed by atoms with Crippen LogP contribution >= 0.6 is 11.6 Å². The lowest BCUT2D eigenvalue weighted by Gasteiger charge is -2.25. The molecule has 0 saturated heterocycles. The molecule has 1 N–H and O–H groups in total. The minimum absolute atomic E-state index is 0.105. The van der Waals surface area contributed by atoms with E-state index in [2.05, 4.69) is 17.5 Å². The number of halogens is 1. The minimum atomic E-state index is 0.105. The first-order valence-electron chi connectivity index (χ1n) is 8.11. The van der Waals surface area contributed by atoms with E-state index < -0.39 is 0 Å². The lowest BCUT2D eigenvalue weighted by Crippen LogP contribution is -2.29. The van der Waals surface area contributed by atoms with Crippen LogP contribution in [0.15, 0.2) is 49.1 Å². The second-order valence-electron chi connectivity index (χ2n) is 6.10. The number of phenols is 1. The van der Waals surface area contributed by atoms with Gasteiger partial charge in [0.25, 0.3) is 0 Å². The van der Waals surface area contributed by atoms with Gasteiger partial charge in [-0.3, -0.25) is 4.90 Å². The van der Waals surface area contributed by atoms with Crippen molar-refractivity contribution in [3.63, 3.8) is 0 Å². The van der Waals surface area contributed by atoms with Gasteiger partial charge in [0.15, 0.2) is 11.5 Å². The van der Waals surface area contributed by atoms with Gasteiger partial charge in [0.1, 0.15) is 0 Å². The standard InChI is InChI=1S/C20H22ClNO2/c1-3-9-22-10-8-14-11-20(24-2)19(23)12-16(14)17(13-22)15-6-4-5-7-18(15)21/h3-7,11-12,17,23H,1,8-10,13H2,2H3. The van der Waals surface area contributed by atoms with Crippen molar-refractivity contribution in [3.05, 3.63) is 70.8 Å². The Morgan fingerprint density at radius 3 is 2.83 bits per heavy atom. The van der Waals surface area contributed by atoms with E-state index >= 15 is 0 Å². The topological polar surface area (TPSA) is 32.7 Å². The molecule has 2 aromatic carbocycles. The highest BCUT2D eigenvalue weighted by Crippen LogP contribution is 2.39. The third-order valence-corrected chi connectivity index (χ3v) is 4.97. The molecule has 24 heavy (non-hydrogen) atoms. The summed E-state index contributed by atoms with van der Waals surface area (Å²) < 4.78 is 5.29. The first kappa shape index (κ1) is 16.9. The largest absolute Gasteiger partial charge is 0.504 e. The third-order valence-electron chi connectivity index (χ3n) is 4.62. The Labute approximate surface area is 148 Å². The fourth-order valence-corrected chi connectivity index (χ4v) is 3.70. The van der Waals surface area contributed by atoms with E-state index in [1.807, 2.05) is 36.4 Å². The van der Waals surface area contributed by atoms with E-state index in [9.17, 15) is 5.11 Å². The summed E-state index contributed by atoms with van der Waals surface area (Å²) in [7, 11) is 1.58. The van der Waals surface area contributed by atoms with Crippen LogP contribution in [0.2, 0.25) is 5.02 Å². The summed E-state index contributed by atoms with van der Waals surface area (Å²) in [4.78, 5) is 2.37. The van der Waals surface area contributed by atoms with Crippen LogP contribution < -0.4 is 4.74 Å². The molecule has 0 radical (unpaired) electrons. The molecule has 0 aliphatic carbocycles. The van der Waals surface area contributed by atoms with Gasteiger partial charge in [-0.2, -0.15) is 0 Å². The van der Waals surface area contributed by atoms with Crippen LogP contribution in [0.3, 0.4) is 0 Å². The Morgan fingerprint density at radius 1 is 1.33 bits per heavy atom. The molecule has 0 amide bonds. The van der Waals surface area contributed by atoms with Crippen molar-refractivity contribution in [2.75, 3.05) is 26.7 Å². The average Bonchev–Trinajstić information content (AvgIpc) is 2.75. The van der Waals surface area contributed by atoms with Gasteiger partial charge in [0, 0.05) is 30.6 Å². The average molecular weight is 344 g/mol. The van der Waals surface area contributed by atoms with Crippen molar-refractivity contribution in [2.24, 2.45) is 0 Å². The predicted octanol–water partition coefficient (Wildman–Crippen LogP) is 4.23. The first-order valence-corrected chi connectivity index (χ1v) is 8.49. The summed E-state index contributed by atoms with van der Waals surface area (Å²) in [5, 5.41) is 11.0. The second kappa shape index (κ2) is 7.29. The Balaban J connectivity index is 2.12. The van der Waals surface area contributed by atoms with Crippen LogP contribution in [0.4, 0.5) is 0 Å². The molecule has 3 nitrogen and oxygen atoms in total. The molecule has 3 rings (SSSR count). The van der Waals surface area contributed by atoms with Crippen LogP contribution in [-0.2, 0) is 6.42 Å². The number of rotatable bonds is 4. The maximum atomic E-state index is 10.3. The van der Waals surface area contributed by atoms with Crippen LogP contribution in [-0.4, -0.2) is 36.8 Å². The molecule has 0 bridgehead atoms. The summed E-state index contributed by atoms with van der Waals surface area (Å²) in [6.45, 7) is 6.48. The van der Waals surface area contributed by atoms with E-state index in [4.69, 9.17) is 16.3 Å². The smallest absolute Gasteiger partial charge is 0.160 e. The molecule has 1 aliphatic heterocycles. The predicted molar refractivity (Wildman–Crippen MR) is 98.3 cm³/mol. The van der Waals surface area contributed by atoms with Crippen molar-refractivity contribution in [1.29, 1.82) is 0 Å². The van der Waals surface area contributed by atoms with Crippen molar-refractivity contribution in [3.8, 4) is 11.5 Å². The monoisotopic (exact) mass is 343 g/mol. The molecule has 1 unspecified atom stereocenters. The molecular weight excluding hydrogens is 322 g/mol. The van der Waals surface area contributed by atoms with Crippen molar-refractivity contribution >= 4 is 11.6 Å². The first-order chi connectivity index (χ1) is 11.6. The Kier molecular flexibility index (Phi) is 5.12. The van der Waals surface area contributed by atoms with Crippen molar-refractivity contribution < 1.29 is 9.84 Å². The number of phenolic OH excluding ortho intramolecular Hbond substituents is 1. The molecule has 0 aromatic heterocycles. The lowest BCUT2D eigenvalue weighted by atomic mass is 9.87. The number of benzene rings is 2. The third kappa shape index (κ3) is 3.28. The van der Waals surface area contributed by atoms with Gasteiger partial charge in [-0.1, -0.05) is 35.9 Å². The summed E-state index contributed by atoms with van der Waals surface area (Å²) in [5.41, 5.74) is 3.40. The number of aromatic hydroxyl groups is 1. The number of ether oxygens (including phenoxy) is 1. The Bertz CT molecular complexity index is 744. The minimum Gasteiger partial charge on any atom is -0.504 e.